The van der Waals surface area contributed by atoms with Crippen LogP contribution in [0, 0.1) is 6.92 Å². The summed E-state index contributed by atoms with van der Waals surface area (Å²) in [6.45, 7) is 1.80. The number of nitrogens with zero attached hydrogens (tertiary/aromatic N) is 3. The Morgan fingerprint density at radius 1 is 1.26 bits per heavy atom. The Labute approximate surface area is 113 Å². The van der Waals surface area contributed by atoms with Crippen molar-refractivity contribution in [2.75, 3.05) is 0 Å². The number of hydrogen-bond acceptors (Lipinski definition) is 6. The van der Waals surface area contributed by atoms with Crippen molar-refractivity contribution >= 4 is 29.5 Å². The average molecular weight is 271 g/mol. The largest absolute Gasteiger partial charge is 0.401 e. The molecule has 0 aliphatic carbocycles. The van der Waals surface area contributed by atoms with E-state index in [-0.39, 0.29) is 11.6 Å². The maximum atomic E-state index is 11.8. The van der Waals surface area contributed by atoms with Crippen molar-refractivity contribution in [1.29, 1.82) is 0 Å². The lowest BCUT2D eigenvalue weighted by molar-refractivity contribution is -0.129. The number of esters is 1. The molecule has 0 spiro atoms. The fourth-order valence-corrected chi connectivity index (χ4v) is 2.22. The summed E-state index contributed by atoms with van der Waals surface area (Å²) >= 11 is 1.16. The zero-order chi connectivity index (χ0) is 13.2. The van der Waals surface area contributed by atoms with Gasteiger partial charge in [-0.05, 0) is 30.1 Å². The van der Waals surface area contributed by atoms with Gasteiger partial charge in [0.2, 0.25) is 5.90 Å². The van der Waals surface area contributed by atoms with Crippen LogP contribution in [0.15, 0.2) is 41.0 Å². The van der Waals surface area contributed by atoms with E-state index in [2.05, 4.69) is 14.6 Å². The lowest BCUT2D eigenvalue weighted by Gasteiger charge is -1.93. The van der Waals surface area contributed by atoms with Gasteiger partial charge in [0.1, 0.15) is 4.88 Å². The van der Waals surface area contributed by atoms with Gasteiger partial charge in [-0.1, -0.05) is 34.8 Å². The molecule has 1 aliphatic rings. The molecule has 0 unspecified atom stereocenters. The molecule has 0 atom stereocenters. The van der Waals surface area contributed by atoms with E-state index in [4.69, 9.17) is 4.74 Å². The summed E-state index contributed by atoms with van der Waals surface area (Å²) in [6.07, 6.45) is 1.69. The van der Waals surface area contributed by atoms with E-state index < -0.39 is 5.97 Å². The Morgan fingerprint density at radius 2 is 2.05 bits per heavy atom. The van der Waals surface area contributed by atoms with E-state index in [1.807, 2.05) is 30.3 Å². The number of aryl methyl sites for hydroxylation is 1. The second-order valence-corrected chi connectivity index (χ2v) is 4.69. The zero-order valence-corrected chi connectivity index (χ0v) is 10.8. The lowest BCUT2D eigenvalue weighted by Crippen LogP contribution is -2.04. The Hall–Kier alpha value is -2.34. The number of ether oxygens (including phenoxy) is 1. The van der Waals surface area contributed by atoms with Gasteiger partial charge in [-0.3, -0.25) is 0 Å². The van der Waals surface area contributed by atoms with E-state index in [1.54, 1.807) is 13.0 Å². The molecule has 2 heterocycles. The van der Waals surface area contributed by atoms with Crippen LogP contribution in [0.2, 0.25) is 0 Å². The van der Waals surface area contributed by atoms with E-state index in [0.717, 1.165) is 17.1 Å². The molecule has 2 aromatic rings. The molecule has 0 amide bonds. The second-order valence-electron chi connectivity index (χ2n) is 3.93. The Kier molecular flexibility index (Phi) is 2.92. The molecule has 1 aliphatic heterocycles. The van der Waals surface area contributed by atoms with Gasteiger partial charge < -0.3 is 4.74 Å². The molecular weight excluding hydrogens is 262 g/mol. The van der Waals surface area contributed by atoms with Gasteiger partial charge in [0.05, 0.1) is 5.69 Å². The van der Waals surface area contributed by atoms with Crippen LogP contribution in [-0.2, 0) is 9.53 Å². The van der Waals surface area contributed by atoms with Crippen LogP contribution in [0.3, 0.4) is 0 Å². The minimum atomic E-state index is -0.452. The fraction of sp³-hybridized carbons (Fsp3) is 0.0769. The number of benzene rings is 1. The molecule has 94 valence electrons. The summed E-state index contributed by atoms with van der Waals surface area (Å²) in [5.41, 5.74) is 1.89. The number of rotatable bonds is 2. The Morgan fingerprint density at radius 3 is 2.74 bits per heavy atom. The first kappa shape index (κ1) is 11.7. The molecular formula is C13H9N3O2S. The summed E-state index contributed by atoms with van der Waals surface area (Å²) in [5.74, 6) is -0.175. The molecule has 0 N–H and O–H groups in total. The van der Waals surface area contributed by atoms with Crippen molar-refractivity contribution in [2.24, 2.45) is 4.99 Å². The van der Waals surface area contributed by atoms with Crippen molar-refractivity contribution in [3.8, 4) is 0 Å². The number of hydrogen-bond donors (Lipinski definition) is 0. The van der Waals surface area contributed by atoms with Gasteiger partial charge in [0.15, 0.2) is 5.70 Å². The van der Waals surface area contributed by atoms with Crippen LogP contribution in [0.1, 0.15) is 16.1 Å². The van der Waals surface area contributed by atoms with Crippen LogP contribution >= 0.6 is 11.5 Å². The number of aromatic nitrogens is 2. The van der Waals surface area contributed by atoms with Gasteiger partial charge in [-0.15, -0.1) is 5.10 Å². The third-order valence-electron chi connectivity index (χ3n) is 2.57. The molecule has 6 heteroatoms. The summed E-state index contributed by atoms with van der Waals surface area (Å²) in [4.78, 5) is 16.6. The highest BCUT2D eigenvalue weighted by Crippen LogP contribution is 2.21. The van der Waals surface area contributed by atoms with E-state index >= 15 is 0 Å². The fourth-order valence-electron chi connectivity index (χ4n) is 1.64. The molecule has 5 nitrogen and oxygen atoms in total. The van der Waals surface area contributed by atoms with Crippen LogP contribution in [0.5, 0.6) is 0 Å². The van der Waals surface area contributed by atoms with Gasteiger partial charge >= 0.3 is 5.97 Å². The third-order valence-corrected chi connectivity index (χ3v) is 3.39. The molecule has 0 radical (unpaired) electrons. The first-order chi connectivity index (χ1) is 9.24. The molecule has 1 aromatic heterocycles. The zero-order valence-electron chi connectivity index (χ0n) is 10.0. The standard InChI is InChI=1S/C13H9N3O2S/c1-8-11(19-16-15-8)12-14-10(13(17)18-12)7-9-5-3-2-4-6-9/h2-7H,1H3/b10-7+. The summed E-state index contributed by atoms with van der Waals surface area (Å²) < 4.78 is 8.95. The maximum absolute atomic E-state index is 11.8. The van der Waals surface area contributed by atoms with Crippen molar-refractivity contribution in [1.82, 2.24) is 9.59 Å². The molecule has 0 fully saturated rings. The van der Waals surface area contributed by atoms with E-state index in [1.165, 1.54) is 0 Å². The van der Waals surface area contributed by atoms with Crippen molar-refractivity contribution in [3.05, 3.63) is 52.2 Å². The SMILES string of the molecule is Cc1nnsc1C1=N/C(=C/c2ccccc2)C(=O)O1. The molecule has 0 bridgehead atoms. The van der Waals surface area contributed by atoms with Crippen molar-refractivity contribution in [2.45, 2.75) is 6.92 Å². The Balaban J connectivity index is 1.96. The number of cyclic esters (lactones) is 1. The van der Waals surface area contributed by atoms with Gasteiger partial charge in [-0.25, -0.2) is 9.79 Å². The molecule has 0 saturated carbocycles. The molecule has 19 heavy (non-hydrogen) atoms. The molecule has 3 rings (SSSR count). The maximum Gasteiger partial charge on any atom is 0.363 e. The minimum Gasteiger partial charge on any atom is -0.401 e. The summed E-state index contributed by atoms with van der Waals surface area (Å²) in [5, 5.41) is 3.87. The highest BCUT2D eigenvalue weighted by atomic mass is 32.1. The van der Waals surface area contributed by atoms with Crippen molar-refractivity contribution in [3.63, 3.8) is 0 Å². The predicted molar refractivity (Wildman–Crippen MR) is 71.7 cm³/mol. The van der Waals surface area contributed by atoms with Gasteiger partial charge in [0, 0.05) is 0 Å². The van der Waals surface area contributed by atoms with Gasteiger partial charge in [0.25, 0.3) is 0 Å². The predicted octanol–water partition coefficient (Wildman–Crippen LogP) is 2.19. The minimum absolute atomic E-state index is 0.277. The second kappa shape index (κ2) is 4.74. The molecule has 0 saturated heterocycles. The summed E-state index contributed by atoms with van der Waals surface area (Å²) in [7, 11) is 0. The third kappa shape index (κ3) is 2.30. The first-order valence-electron chi connectivity index (χ1n) is 5.61. The van der Waals surface area contributed by atoms with E-state index in [9.17, 15) is 4.79 Å². The Bertz CT molecular complexity index is 689. The monoisotopic (exact) mass is 271 g/mol. The smallest absolute Gasteiger partial charge is 0.363 e. The van der Waals surface area contributed by atoms with Crippen LogP contribution in [-0.4, -0.2) is 21.5 Å². The topological polar surface area (TPSA) is 64.4 Å². The average Bonchev–Trinajstić information content (AvgIpc) is 2.98. The highest BCUT2D eigenvalue weighted by molar-refractivity contribution is 7.08. The van der Waals surface area contributed by atoms with Crippen molar-refractivity contribution < 1.29 is 9.53 Å². The van der Waals surface area contributed by atoms with Gasteiger partial charge in [-0.2, -0.15) is 0 Å². The summed E-state index contributed by atoms with van der Waals surface area (Å²) in [6, 6.07) is 9.50. The highest BCUT2D eigenvalue weighted by Gasteiger charge is 2.26. The molecule has 1 aromatic carbocycles. The lowest BCUT2D eigenvalue weighted by atomic mass is 10.2. The number of carbonyl (C=O) groups is 1. The normalized spacial score (nSPS) is 16.6. The van der Waals surface area contributed by atoms with Crippen LogP contribution in [0.4, 0.5) is 0 Å². The van der Waals surface area contributed by atoms with Crippen LogP contribution in [0.25, 0.3) is 6.08 Å². The van der Waals surface area contributed by atoms with E-state index in [0.29, 0.717) is 10.6 Å². The van der Waals surface area contributed by atoms with Crippen LogP contribution < -0.4 is 0 Å². The first-order valence-corrected chi connectivity index (χ1v) is 6.38. The number of carbonyl (C=O) groups excluding carboxylic acids is 1. The number of aliphatic imine (C=N–C) groups is 1. The quantitative estimate of drug-likeness (QED) is 0.620.